The predicted octanol–water partition coefficient (Wildman–Crippen LogP) is 3.48. The van der Waals surface area contributed by atoms with E-state index < -0.39 is 0 Å². The summed E-state index contributed by atoms with van der Waals surface area (Å²) in [4.78, 5) is 11.4. The van der Waals surface area contributed by atoms with Gasteiger partial charge in [-0.05, 0) is 42.2 Å². The van der Waals surface area contributed by atoms with Crippen molar-refractivity contribution in [2.24, 2.45) is 0 Å². The highest BCUT2D eigenvalue weighted by Gasteiger charge is 2.16. The Kier molecular flexibility index (Phi) is 2.69. The highest BCUT2D eigenvalue weighted by atomic mass is 35.5. The first-order chi connectivity index (χ1) is 6.75. The van der Waals surface area contributed by atoms with Crippen LogP contribution in [0.4, 0.5) is 0 Å². The van der Waals surface area contributed by atoms with Gasteiger partial charge in [0.15, 0.2) is 5.78 Å². The average molecular weight is 207 g/mol. The minimum absolute atomic E-state index is 0.282. The second-order valence-electron chi connectivity index (χ2n) is 3.50. The maximum atomic E-state index is 11.4. The second-order valence-corrected chi connectivity index (χ2v) is 3.94. The number of halogens is 1. The number of ketones is 1. The van der Waals surface area contributed by atoms with Crippen LogP contribution in [0.3, 0.4) is 0 Å². The molecular formula is C12H11ClO. The number of benzene rings is 1. The van der Waals surface area contributed by atoms with Gasteiger partial charge in [-0.15, -0.1) is 0 Å². The molecule has 0 spiro atoms. The van der Waals surface area contributed by atoms with Gasteiger partial charge in [0.1, 0.15) is 0 Å². The van der Waals surface area contributed by atoms with Crippen molar-refractivity contribution in [2.45, 2.75) is 19.3 Å². The van der Waals surface area contributed by atoms with Crippen LogP contribution in [-0.2, 0) is 4.79 Å². The van der Waals surface area contributed by atoms with Crippen LogP contribution in [0.5, 0.6) is 0 Å². The van der Waals surface area contributed by atoms with E-state index in [4.69, 9.17) is 11.6 Å². The second kappa shape index (κ2) is 3.97. The van der Waals surface area contributed by atoms with Crippen molar-refractivity contribution < 1.29 is 4.79 Å². The van der Waals surface area contributed by atoms with E-state index in [2.05, 4.69) is 0 Å². The lowest BCUT2D eigenvalue weighted by Crippen LogP contribution is -1.90. The molecule has 0 aliphatic heterocycles. The Morgan fingerprint density at radius 2 is 2.14 bits per heavy atom. The normalized spacial score (nSPS) is 19.2. The summed E-state index contributed by atoms with van der Waals surface area (Å²) in [6, 6.07) is 7.57. The van der Waals surface area contributed by atoms with Crippen molar-refractivity contribution >= 4 is 23.5 Å². The van der Waals surface area contributed by atoms with Crippen LogP contribution in [0.1, 0.15) is 24.8 Å². The number of rotatable bonds is 1. The standard InChI is InChI=1S/C12H11ClO/c13-11-5-1-3-9(8-11)7-10-4-2-6-12(10)14/h1,3,5,7-8H,2,4,6H2/b10-7+. The van der Waals surface area contributed by atoms with E-state index in [0.717, 1.165) is 24.0 Å². The zero-order chi connectivity index (χ0) is 9.97. The zero-order valence-corrected chi connectivity index (χ0v) is 8.55. The van der Waals surface area contributed by atoms with E-state index in [1.165, 1.54) is 0 Å². The van der Waals surface area contributed by atoms with Crippen LogP contribution in [0.15, 0.2) is 29.8 Å². The maximum Gasteiger partial charge on any atom is 0.158 e. The summed E-state index contributed by atoms with van der Waals surface area (Å²) < 4.78 is 0. The SMILES string of the molecule is O=C1CCC/C1=C\c1cccc(Cl)c1. The van der Waals surface area contributed by atoms with Gasteiger partial charge in [0, 0.05) is 11.4 Å². The number of carbonyl (C=O) groups excluding carboxylic acids is 1. The topological polar surface area (TPSA) is 17.1 Å². The third-order valence-corrected chi connectivity index (χ3v) is 2.63. The molecule has 0 unspecified atom stereocenters. The molecular weight excluding hydrogens is 196 g/mol. The molecule has 14 heavy (non-hydrogen) atoms. The summed E-state index contributed by atoms with van der Waals surface area (Å²) in [7, 11) is 0. The van der Waals surface area contributed by atoms with Gasteiger partial charge < -0.3 is 0 Å². The number of hydrogen-bond donors (Lipinski definition) is 0. The summed E-state index contributed by atoms with van der Waals surface area (Å²) >= 11 is 5.85. The fraction of sp³-hybridized carbons (Fsp3) is 0.250. The van der Waals surface area contributed by atoms with E-state index in [1.54, 1.807) is 0 Å². The third-order valence-electron chi connectivity index (χ3n) is 2.40. The lowest BCUT2D eigenvalue weighted by molar-refractivity contribution is -0.114. The summed E-state index contributed by atoms with van der Waals surface area (Å²) in [5.41, 5.74) is 1.95. The molecule has 1 fully saturated rings. The van der Waals surface area contributed by atoms with E-state index >= 15 is 0 Å². The van der Waals surface area contributed by atoms with Crippen LogP contribution in [0.25, 0.3) is 6.08 Å². The molecule has 0 bridgehead atoms. The van der Waals surface area contributed by atoms with Gasteiger partial charge in [-0.1, -0.05) is 23.7 Å². The highest BCUT2D eigenvalue weighted by Crippen LogP contribution is 2.23. The first-order valence-corrected chi connectivity index (χ1v) is 5.13. The minimum atomic E-state index is 0.282. The fourth-order valence-corrected chi connectivity index (χ4v) is 1.89. The van der Waals surface area contributed by atoms with Gasteiger partial charge in [0.05, 0.1) is 0 Å². The summed E-state index contributed by atoms with van der Waals surface area (Å²) in [5, 5.41) is 0.713. The van der Waals surface area contributed by atoms with Crippen molar-refractivity contribution in [1.29, 1.82) is 0 Å². The minimum Gasteiger partial charge on any atom is -0.295 e. The molecule has 1 aliphatic rings. The van der Waals surface area contributed by atoms with Gasteiger partial charge in [-0.3, -0.25) is 4.79 Å². The molecule has 0 aromatic heterocycles. The molecule has 0 amide bonds. The van der Waals surface area contributed by atoms with Gasteiger partial charge >= 0.3 is 0 Å². The summed E-state index contributed by atoms with van der Waals surface area (Å²) in [6.45, 7) is 0. The molecule has 1 saturated carbocycles. The molecule has 2 rings (SSSR count). The molecule has 0 radical (unpaired) electrons. The highest BCUT2D eigenvalue weighted by molar-refractivity contribution is 6.30. The lowest BCUT2D eigenvalue weighted by Gasteiger charge is -1.96. The summed E-state index contributed by atoms with van der Waals surface area (Å²) in [6.07, 6.45) is 4.55. The molecule has 1 aromatic carbocycles. The van der Waals surface area contributed by atoms with Crippen molar-refractivity contribution in [1.82, 2.24) is 0 Å². The monoisotopic (exact) mass is 206 g/mol. The molecule has 1 nitrogen and oxygen atoms in total. The Labute approximate surface area is 88.4 Å². The molecule has 72 valence electrons. The number of carbonyl (C=O) groups is 1. The molecule has 0 saturated heterocycles. The Hall–Kier alpha value is -1.08. The van der Waals surface area contributed by atoms with E-state index in [9.17, 15) is 4.79 Å². The molecule has 1 aromatic rings. The summed E-state index contributed by atoms with van der Waals surface area (Å²) in [5.74, 6) is 0.282. The third kappa shape index (κ3) is 2.05. The van der Waals surface area contributed by atoms with Crippen molar-refractivity contribution in [3.8, 4) is 0 Å². The molecule has 1 aliphatic carbocycles. The Morgan fingerprint density at radius 1 is 1.29 bits per heavy atom. The van der Waals surface area contributed by atoms with Crippen molar-refractivity contribution in [2.75, 3.05) is 0 Å². The Morgan fingerprint density at radius 3 is 2.79 bits per heavy atom. The molecule has 0 N–H and O–H groups in total. The van der Waals surface area contributed by atoms with E-state index in [0.29, 0.717) is 11.4 Å². The van der Waals surface area contributed by atoms with Crippen LogP contribution in [0.2, 0.25) is 5.02 Å². The van der Waals surface area contributed by atoms with Crippen LogP contribution in [-0.4, -0.2) is 5.78 Å². The van der Waals surface area contributed by atoms with Gasteiger partial charge in [0.25, 0.3) is 0 Å². The predicted molar refractivity (Wildman–Crippen MR) is 58.3 cm³/mol. The number of Topliss-reactive ketones (excluding diaryl/α,β-unsaturated/α-hetero) is 1. The molecule has 2 heteroatoms. The smallest absolute Gasteiger partial charge is 0.158 e. The number of hydrogen-bond acceptors (Lipinski definition) is 1. The van der Waals surface area contributed by atoms with Gasteiger partial charge in [-0.25, -0.2) is 0 Å². The largest absolute Gasteiger partial charge is 0.295 e. The maximum absolute atomic E-state index is 11.4. The van der Waals surface area contributed by atoms with Crippen LogP contribution in [0, 0.1) is 0 Å². The Bertz CT molecular complexity index is 393. The molecule has 0 heterocycles. The lowest BCUT2D eigenvalue weighted by atomic mass is 10.1. The first kappa shape index (κ1) is 9.47. The number of allylic oxidation sites excluding steroid dienone is 1. The average Bonchev–Trinajstić information content (AvgIpc) is 2.52. The van der Waals surface area contributed by atoms with Gasteiger partial charge in [-0.2, -0.15) is 0 Å². The van der Waals surface area contributed by atoms with Gasteiger partial charge in [0.2, 0.25) is 0 Å². The van der Waals surface area contributed by atoms with E-state index in [1.807, 2.05) is 30.3 Å². The Balaban J connectivity index is 2.28. The first-order valence-electron chi connectivity index (χ1n) is 4.75. The van der Waals surface area contributed by atoms with Crippen molar-refractivity contribution in [3.63, 3.8) is 0 Å². The quantitative estimate of drug-likeness (QED) is 0.643. The van der Waals surface area contributed by atoms with Crippen molar-refractivity contribution in [3.05, 3.63) is 40.4 Å². The van der Waals surface area contributed by atoms with Crippen LogP contribution >= 0.6 is 11.6 Å². The van der Waals surface area contributed by atoms with Crippen LogP contribution < -0.4 is 0 Å². The fourth-order valence-electron chi connectivity index (χ4n) is 1.69. The molecule has 0 atom stereocenters. The van der Waals surface area contributed by atoms with E-state index in [-0.39, 0.29) is 5.78 Å². The zero-order valence-electron chi connectivity index (χ0n) is 7.79.